The molecule has 0 radical (unpaired) electrons. The SMILES string of the molecule is CC(C)Nc1ccc(-c2nnc(-c3cc(F)c(OC[C@@H]4[C@@H](C)OC(C)(C)N4C(=O)OC(C)(C)C)cc3Cl)s2)cn1. The van der Waals surface area contributed by atoms with E-state index in [9.17, 15) is 4.79 Å². The average Bonchev–Trinajstić information content (AvgIpc) is 3.40. The molecule has 1 saturated heterocycles. The third-order valence-electron chi connectivity index (χ3n) is 6.05. The van der Waals surface area contributed by atoms with Crippen LogP contribution >= 0.6 is 22.9 Å². The van der Waals surface area contributed by atoms with Crippen molar-refractivity contribution in [2.75, 3.05) is 11.9 Å². The second-order valence-corrected chi connectivity index (χ2v) is 12.8. The molecule has 1 aliphatic heterocycles. The first-order valence-corrected chi connectivity index (χ1v) is 14.2. The number of pyridine rings is 1. The molecule has 9 nitrogen and oxygen atoms in total. The van der Waals surface area contributed by atoms with Gasteiger partial charge in [-0.2, -0.15) is 0 Å². The Morgan fingerprint density at radius 2 is 1.95 bits per heavy atom. The number of aromatic nitrogens is 3. The number of rotatable bonds is 7. The molecule has 2 aromatic heterocycles. The molecule has 0 bridgehead atoms. The maximum atomic E-state index is 15.2. The number of ether oxygens (including phenoxy) is 3. The topological polar surface area (TPSA) is 98.7 Å². The fraction of sp³-hybridized carbons (Fsp3) is 0.500. The lowest BCUT2D eigenvalue weighted by Gasteiger charge is -2.35. The van der Waals surface area contributed by atoms with Gasteiger partial charge in [0.25, 0.3) is 0 Å². The summed E-state index contributed by atoms with van der Waals surface area (Å²) >= 11 is 7.82. The molecule has 40 heavy (non-hydrogen) atoms. The van der Waals surface area contributed by atoms with Gasteiger partial charge in [0.05, 0.1) is 17.2 Å². The monoisotopic (exact) mass is 591 g/mol. The van der Waals surface area contributed by atoms with Crippen molar-refractivity contribution in [1.29, 1.82) is 0 Å². The highest BCUT2D eigenvalue weighted by Crippen LogP contribution is 2.38. The van der Waals surface area contributed by atoms with Crippen molar-refractivity contribution in [2.45, 2.75) is 84.9 Å². The van der Waals surface area contributed by atoms with Crippen molar-refractivity contribution in [1.82, 2.24) is 20.1 Å². The lowest BCUT2D eigenvalue weighted by atomic mass is 10.1. The second kappa shape index (κ2) is 11.5. The third kappa shape index (κ3) is 6.82. The third-order valence-corrected chi connectivity index (χ3v) is 7.37. The molecule has 3 aromatic rings. The number of halogens is 2. The van der Waals surface area contributed by atoms with Gasteiger partial charge in [0.2, 0.25) is 0 Å². The summed E-state index contributed by atoms with van der Waals surface area (Å²) in [7, 11) is 0. The van der Waals surface area contributed by atoms with E-state index in [-0.39, 0.29) is 29.5 Å². The molecule has 0 unspecified atom stereocenters. The van der Waals surface area contributed by atoms with Gasteiger partial charge in [-0.05, 0) is 73.6 Å². The molecule has 1 N–H and O–H groups in total. The Labute approximate surface area is 243 Å². The van der Waals surface area contributed by atoms with Gasteiger partial charge < -0.3 is 19.5 Å². The number of benzene rings is 1. The van der Waals surface area contributed by atoms with Crippen LogP contribution in [-0.2, 0) is 9.47 Å². The fourth-order valence-electron chi connectivity index (χ4n) is 4.40. The van der Waals surface area contributed by atoms with Crippen LogP contribution in [0.2, 0.25) is 5.02 Å². The molecule has 2 atom stereocenters. The van der Waals surface area contributed by atoms with Gasteiger partial charge in [-0.25, -0.2) is 14.2 Å². The summed E-state index contributed by atoms with van der Waals surface area (Å²) in [6, 6.07) is 6.21. The predicted octanol–water partition coefficient (Wildman–Crippen LogP) is 7.02. The maximum absolute atomic E-state index is 15.2. The van der Waals surface area contributed by atoms with E-state index in [4.69, 9.17) is 25.8 Å². The van der Waals surface area contributed by atoms with E-state index >= 15 is 4.39 Å². The zero-order valence-electron chi connectivity index (χ0n) is 23.9. The van der Waals surface area contributed by atoms with E-state index in [0.29, 0.717) is 15.6 Å². The normalized spacial score (nSPS) is 18.7. The van der Waals surface area contributed by atoms with Crippen LogP contribution in [0.5, 0.6) is 5.75 Å². The zero-order valence-corrected chi connectivity index (χ0v) is 25.5. The molecule has 0 aliphatic carbocycles. The number of hydrogen-bond donors (Lipinski definition) is 1. The number of carbonyl (C=O) groups excluding carboxylic acids is 1. The second-order valence-electron chi connectivity index (χ2n) is 11.4. The van der Waals surface area contributed by atoms with Crippen molar-refractivity contribution < 1.29 is 23.4 Å². The van der Waals surface area contributed by atoms with Gasteiger partial charge >= 0.3 is 6.09 Å². The summed E-state index contributed by atoms with van der Waals surface area (Å²) in [5.74, 6) is 0.106. The van der Waals surface area contributed by atoms with Crippen LogP contribution in [0.15, 0.2) is 30.5 Å². The Hall–Kier alpha value is -3.02. The van der Waals surface area contributed by atoms with Crippen LogP contribution in [0.3, 0.4) is 0 Å². The highest BCUT2D eigenvalue weighted by Gasteiger charge is 2.50. The van der Waals surface area contributed by atoms with Gasteiger partial charge in [0.1, 0.15) is 33.8 Å². The minimum Gasteiger partial charge on any atom is -0.488 e. The number of nitrogens with one attached hydrogen (secondary N) is 1. The van der Waals surface area contributed by atoms with Crippen LogP contribution in [0.25, 0.3) is 21.1 Å². The first-order valence-electron chi connectivity index (χ1n) is 13.0. The van der Waals surface area contributed by atoms with Gasteiger partial charge in [-0.1, -0.05) is 22.9 Å². The summed E-state index contributed by atoms with van der Waals surface area (Å²) < 4.78 is 32.6. The molecule has 216 valence electrons. The van der Waals surface area contributed by atoms with Gasteiger partial charge in [-0.3, -0.25) is 4.90 Å². The number of amides is 1. The number of anilines is 1. The van der Waals surface area contributed by atoms with E-state index < -0.39 is 29.3 Å². The molecule has 1 amide bonds. The zero-order chi connectivity index (χ0) is 29.4. The largest absolute Gasteiger partial charge is 0.488 e. The van der Waals surface area contributed by atoms with E-state index in [1.165, 1.54) is 28.4 Å². The molecule has 4 rings (SSSR count). The molecule has 12 heteroatoms. The van der Waals surface area contributed by atoms with Crippen molar-refractivity contribution in [2.24, 2.45) is 0 Å². The average molecular weight is 592 g/mol. The lowest BCUT2D eigenvalue weighted by Crippen LogP contribution is -2.52. The Morgan fingerprint density at radius 3 is 2.58 bits per heavy atom. The van der Waals surface area contributed by atoms with Crippen molar-refractivity contribution >= 4 is 34.8 Å². The minimum absolute atomic E-state index is 0.0198. The van der Waals surface area contributed by atoms with Crippen molar-refractivity contribution in [3.63, 3.8) is 0 Å². The van der Waals surface area contributed by atoms with Crippen LogP contribution in [0.4, 0.5) is 15.0 Å². The first-order chi connectivity index (χ1) is 18.6. The molecular formula is C28H35ClFN5O4S. The molecule has 3 heterocycles. The Kier molecular flexibility index (Phi) is 8.58. The van der Waals surface area contributed by atoms with Gasteiger partial charge in [-0.15, -0.1) is 10.2 Å². The summed E-state index contributed by atoms with van der Waals surface area (Å²) in [5, 5.41) is 13.1. The summed E-state index contributed by atoms with van der Waals surface area (Å²) in [4.78, 5) is 18.9. The Balaban J connectivity index is 1.50. The molecule has 1 fully saturated rings. The fourth-order valence-corrected chi connectivity index (χ4v) is 5.57. The summed E-state index contributed by atoms with van der Waals surface area (Å²) in [6.07, 6.45) is 0.811. The van der Waals surface area contributed by atoms with Crippen LogP contribution < -0.4 is 10.1 Å². The van der Waals surface area contributed by atoms with Crippen LogP contribution in [0.1, 0.15) is 55.4 Å². The van der Waals surface area contributed by atoms with E-state index in [1.54, 1.807) is 40.8 Å². The highest BCUT2D eigenvalue weighted by molar-refractivity contribution is 7.18. The van der Waals surface area contributed by atoms with Crippen LogP contribution in [-0.4, -0.2) is 62.3 Å². The molecule has 1 aromatic carbocycles. The smallest absolute Gasteiger partial charge is 0.413 e. The van der Waals surface area contributed by atoms with Gasteiger partial charge in [0.15, 0.2) is 11.6 Å². The summed E-state index contributed by atoms with van der Waals surface area (Å²) in [5.41, 5.74) is -0.419. The maximum Gasteiger partial charge on any atom is 0.413 e. The molecular weight excluding hydrogens is 557 g/mol. The number of nitrogens with zero attached hydrogens (tertiary/aromatic N) is 4. The minimum atomic E-state index is -0.924. The Morgan fingerprint density at radius 1 is 1.25 bits per heavy atom. The summed E-state index contributed by atoms with van der Waals surface area (Å²) in [6.45, 7) is 14.8. The van der Waals surface area contributed by atoms with Crippen molar-refractivity contribution in [3.05, 3.63) is 41.3 Å². The van der Waals surface area contributed by atoms with E-state index in [0.717, 1.165) is 11.4 Å². The lowest BCUT2D eigenvalue weighted by molar-refractivity contribution is -0.0760. The quantitative estimate of drug-likeness (QED) is 0.313. The molecule has 1 aliphatic rings. The molecule has 0 spiro atoms. The molecule has 0 saturated carbocycles. The number of hydrogen-bond acceptors (Lipinski definition) is 9. The highest BCUT2D eigenvalue weighted by atomic mass is 35.5. The number of carbonyl (C=O) groups is 1. The van der Waals surface area contributed by atoms with E-state index in [1.807, 2.05) is 32.9 Å². The van der Waals surface area contributed by atoms with Gasteiger partial charge in [0, 0.05) is 29.4 Å². The van der Waals surface area contributed by atoms with Crippen LogP contribution in [0, 0.1) is 5.82 Å². The van der Waals surface area contributed by atoms with Crippen molar-refractivity contribution in [3.8, 4) is 26.9 Å². The predicted molar refractivity (Wildman–Crippen MR) is 154 cm³/mol. The van der Waals surface area contributed by atoms with E-state index in [2.05, 4.69) is 20.5 Å². The Bertz CT molecular complexity index is 1360. The standard InChI is InChI=1S/C28H35ClFN5O4S/c1-15(2)32-23-10-9-17(13-31-23)24-33-34-25(40-24)18-11-20(30)22(12-19(18)29)37-14-21-16(3)38-28(7,8)35(21)26(36)39-27(4,5)6/h9-13,15-16,21H,14H2,1-8H3,(H,31,32)/t16-,21-/m1/s1. The first kappa shape index (κ1) is 30.0.